The molecule has 0 aliphatic heterocycles. The Morgan fingerprint density at radius 1 is 1.69 bits per heavy atom. The highest BCUT2D eigenvalue weighted by Crippen LogP contribution is 2.32. The van der Waals surface area contributed by atoms with Crippen LogP contribution in [-0.2, 0) is 6.54 Å². The summed E-state index contributed by atoms with van der Waals surface area (Å²) in [4.78, 5) is 14.3. The number of nitrogens with two attached hydrogens (primary N) is 1. The van der Waals surface area contributed by atoms with Gasteiger partial charge in [0.2, 0.25) is 0 Å². The van der Waals surface area contributed by atoms with E-state index in [2.05, 4.69) is 4.98 Å². The lowest BCUT2D eigenvalue weighted by atomic mass is 10.1. The quantitative estimate of drug-likeness (QED) is 0.814. The molecule has 0 radical (unpaired) electrons. The highest BCUT2D eigenvalue weighted by atomic mass is 19.3. The summed E-state index contributed by atoms with van der Waals surface area (Å²) in [5.41, 5.74) is 4.06. The van der Waals surface area contributed by atoms with Crippen LogP contribution in [0.5, 0.6) is 5.75 Å². The average Bonchev–Trinajstić information content (AvgIpc) is 2.26. The molecule has 88 valence electrons. The number of aromatic nitrogens is 1. The monoisotopic (exact) mass is 232 g/mol. The van der Waals surface area contributed by atoms with E-state index in [1.54, 1.807) is 0 Å². The number of carboxylic acid groups (broad SMARTS) is 1. The van der Waals surface area contributed by atoms with E-state index in [1.165, 1.54) is 7.11 Å². The lowest BCUT2D eigenvalue weighted by Crippen LogP contribution is -2.14. The van der Waals surface area contributed by atoms with Gasteiger partial charge in [-0.05, 0) is 0 Å². The summed E-state index contributed by atoms with van der Waals surface area (Å²) >= 11 is 0. The van der Waals surface area contributed by atoms with E-state index in [9.17, 15) is 13.6 Å². The molecule has 0 saturated heterocycles. The maximum Gasteiger partial charge on any atom is 0.354 e. The minimum Gasteiger partial charge on any atom is -0.495 e. The third kappa shape index (κ3) is 2.08. The average molecular weight is 232 g/mol. The zero-order valence-electron chi connectivity index (χ0n) is 8.41. The molecule has 0 saturated carbocycles. The number of rotatable bonds is 4. The van der Waals surface area contributed by atoms with E-state index >= 15 is 0 Å². The molecule has 1 aromatic rings. The van der Waals surface area contributed by atoms with Crippen LogP contribution in [0.3, 0.4) is 0 Å². The Morgan fingerprint density at radius 3 is 2.69 bits per heavy atom. The Kier molecular flexibility index (Phi) is 3.73. The Hall–Kier alpha value is -1.76. The molecule has 1 rings (SSSR count). The van der Waals surface area contributed by atoms with Crippen molar-refractivity contribution in [3.8, 4) is 5.75 Å². The van der Waals surface area contributed by atoms with E-state index in [4.69, 9.17) is 15.6 Å². The molecule has 0 bridgehead atoms. The van der Waals surface area contributed by atoms with Gasteiger partial charge in [-0.2, -0.15) is 0 Å². The van der Waals surface area contributed by atoms with Crippen molar-refractivity contribution in [2.24, 2.45) is 5.73 Å². The molecular formula is C9H10F2N2O3. The van der Waals surface area contributed by atoms with E-state index < -0.39 is 23.7 Å². The number of pyridine rings is 1. The van der Waals surface area contributed by atoms with Crippen molar-refractivity contribution in [1.29, 1.82) is 0 Å². The van der Waals surface area contributed by atoms with Crippen molar-refractivity contribution in [2.75, 3.05) is 7.11 Å². The maximum atomic E-state index is 12.7. The van der Waals surface area contributed by atoms with Crippen LogP contribution in [0.2, 0.25) is 0 Å². The summed E-state index contributed by atoms with van der Waals surface area (Å²) in [6.07, 6.45) is -1.92. The van der Waals surface area contributed by atoms with E-state index in [-0.39, 0.29) is 17.9 Å². The summed E-state index contributed by atoms with van der Waals surface area (Å²) in [5, 5.41) is 8.76. The fourth-order valence-electron chi connectivity index (χ4n) is 1.34. The Labute approximate surface area is 89.9 Å². The van der Waals surface area contributed by atoms with Gasteiger partial charge in [0.15, 0.2) is 5.69 Å². The second-order valence-electron chi connectivity index (χ2n) is 2.88. The molecule has 0 atom stereocenters. The third-order valence-electron chi connectivity index (χ3n) is 2.03. The predicted octanol–water partition coefficient (Wildman–Crippen LogP) is 1.18. The first-order valence-corrected chi connectivity index (χ1v) is 4.30. The smallest absolute Gasteiger partial charge is 0.354 e. The number of ether oxygens (including phenoxy) is 1. The van der Waals surface area contributed by atoms with Gasteiger partial charge in [0.1, 0.15) is 5.75 Å². The predicted molar refractivity (Wildman–Crippen MR) is 50.6 cm³/mol. The topological polar surface area (TPSA) is 85.4 Å². The molecular weight excluding hydrogens is 222 g/mol. The van der Waals surface area contributed by atoms with E-state index in [0.29, 0.717) is 0 Å². The minimum absolute atomic E-state index is 0.166. The number of carboxylic acids is 1. The van der Waals surface area contributed by atoms with Crippen molar-refractivity contribution < 1.29 is 23.4 Å². The molecule has 0 aliphatic rings. The third-order valence-corrected chi connectivity index (χ3v) is 2.03. The molecule has 1 aromatic heterocycles. The Morgan fingerprint density at radius 2 is 2.31 bits per heavy atom. The van der Waals surface area contributed by atoms with Gasteiger partial charge < -0.3 is 15.6 Å². The van der Waals surface area contributed by atoms with Crippen molar-refractivity contribution in [3.63, 3.8) is 0 Å². The Balaban J connectivity index is 3.49. The van der Waals surface area contributed by atoms with Gasteiger partial charge in [0.05, 0.1) is 18.9 Å². The second kappa shape index (κ2) is 4.84. The fraction of sp³-hybridized carbons (Fsp3) is 0.333. The minimum atomic E-state index is -2.87. The molecule has 0 amide bonds. The lowest BCUT2D eigenvalue weighted by Gasteiger charge is -2.13. The summed E-state index contributed by atoms with van der Waals surface area (Å²) in [7, 11) is 1.20. The van der Waals surface area contributed by atoms with Gasteiger partial charge in [-0.3, -0.25) is 0 Å². The van der Waals surface area contributed by atoms with Crippen molar-refractivity contribution in [1.82, 2.24) is 4.98 Å². The zero-order valence-corrected chi connectivity index (χ0v) is 8.41. The van der Waals surface area contributed by atoms with Gasteiger partial charge in [-0.25, -0.2) is 18.6 Å². The second-order valence-corrected chi connectivity index (χ2v) is 2.88. The Bertz CT molecular complexity index is 410. The molecule has 0 spiro atoms. The molecule has 0 aliphatic carbocycles. The summed E-state index contributed by atoms with van der Waals surface area (Å²) < 4.78 is 30.2. The number of aromatic carboxylic acids is 1. The number of hydrogen-bond acceptors (Lipinski definition) is 4. The van der Waals surface area contributed by atoms with Crippen LogP contribution >= 0.6 is 0 Å². The van der Waals surface area contributed by atoms with Crippen LogP contribution in [0.25, 0.3) is 0 Å². The maximum absolute atomic E-state index is 12.7. The first-order chi connectivity index (χ1) is 7.52. The largest absolute Gasteiger partial charge is 0.495 e. The highest BCUT2D eigenvalue weighted by Gasteiger charge is 2.24. The molecule has 0 fully saturated rings. The lowest BCUT2D eigenvalue weighted by molar-refractivity contribution is 0.0688. The van der Waals surface area contributed by atoms with Crippen LogP contribution in [0.4, 0.5) is 8.78 Å². The number of hydrogen-bond donors (Lipinski definition) is 2. The molecule has 1 heterocycles. The summed E-state index contributed by atoms with van der Waals surface area (Å²) in [6, 6.07) is 0. The van der Waals surface area contributed by atoms with E-state index in [1.807, 2.05) is 0 Å². The number of nitrogens with zero attached hydrogens (tertiary/aromatic N) is 1. The van der Waals surface area contributed by atoms with Gasteiger partial charge in [0.25, 0.3) is 6.43 Å². The number of methoxy groups -OCH3 is 1. The number of halogens is 2. The van der Waals surface area contributed by atoms with E-state index in [0.717, 1.165) is 6.20 Å². The van der Waals surface area contributed by atoms with Crippen molar-refractivity contribution in [2.45, 2.75) is 13.0 Å². The van der Waals surface area contributed by atoms with Gasteiger partial charge in [0, 0.05) is 12.1 Å². The molecule has 5 nitrogen and oxygen atoms in total. The zero-order chi connectivity index (χ0) is 12.3. The normalized spacial score (nSPS) is 10.6. The fourth-order valence-corrected chi connectivity index (χ4v) is 1.34. The number of alkyl halides is 2. The molecule has 16 heavy (non-hydrogen) atoms. The molecule has 7 heteroatoms. The van der Waals surface area contributed by atoms with Crippen LogP contribution < -0.4 is 10.5 Å². The first-order valence-electron chi connectivity index (χ1n) is 4.30. The summed E-state index contributed by atoms with van der Waals surface area (Å²) in [5.74, 6) is -1.56. The number of carbonyl (C=O) groups is 1. The van der Waals surface area contributed by atoms with Crippen LogP contribution in [0, 0.1) is 0 Å². The van der Waals surface area contributed by atoms with Crippen LogP contribution in [0.1, 0.15) is 28.0 Å². The highest BCUT2D eigenvalue weighted by molar-refractivity contribution is 5.87. The SMILES string of the molecule is COc1cnc(C(=O)O)c(CN)c1C(F)F. The standard InChI is InChI=1S/C9H10F2N2O3/c1-16-5-3-13-7(9(14)15)4(2-12)6(5)8(10)11/h3,8H,2,12H2,1H3,(H,14,15). The van der Waals surface area contributed by atoms with Crippen molar-refractivity contribution >= 4 is 5.97 Å². The summed E-state index contributed by atoms with van der Waals surface area (Å²) in [6.45, 7) is -0.342. The van der Waals surface area contributed by atoms with Gasteiger partial charge >= 0.3 is 5.97 Å². The van der Waals surface area contributed by atoms with Crippen molar-refractivity contribution in [3.05, 3.63) is 23.0 Å². The van der Waals surface area contributed by atoms with Crippen LogP contribution in [0.15, 0.2) is 6.20 Å². The van der Waals surface area contributed by atoms with Gasteiger partial charge in [-0.1, -0.05) is 0 Å². The first kappa shape index (κ1) is 12.3. The molecule has 3 N–H and O–H groups in total. The molecule has 0 aromatic carbocycles. The van der Waals surface area contributed by atoms with Crippen LogP contribution in [-0.4, -0.2) is 23.2 Å². The van der Waals surface area contributed by atoms with Gasteiger partial charge in [-0.15, -0.1) is 0 Å². The molecule has 0 unspecified atom stereocenters.